The van der Waals surface area contributed by atoms with E-state index in [1.807, 2.05) is 12.1 Å². The highest BCUT2D eigenvalue weighted by molar-refractivity contribution is 6.35. The van der Waals surface area contributed by atoms with Gasteiger partial charge >= 0.3 is 0 Å². The number of tetrazole rings is 1. The molecule has 0 saturated heterocycles. The summed E-state index contributed by atoms with van der Waals surface area (Å²) in [7, 11) is 0. The number of carbonyl (C=O) groups excluding carboxylic acids is 1. The molecule has 1 heterocycles. The zero-order chi connectivity index (χ0) is 18.4. The topological polar surface area (TPSA) is 81.9 Å². The van der Waals surface area contributed by atoms with Crippen molar-refractivity contribution in [3.63, 3.8) is 0 Å². The first-order valence-electron chi connectivity index (χ1n) is 7.78. The molecule has 1 aromatic heterocycles. The maximum Gasteiger partial charge on any atom is 0.257 e. The minimum Gasteiger partial charge on any atom is -0.484 e. The molecule has 2 aromatic carbocycles. The molecule has 3 rings (SSSR count). The summed E-state index contributed by atoms with van der Waals surface area (Å²) in [6.07, 6.45) is 2.09. The lowest BCUT2D eigenvalue weighted by molar-refractivity contribution is -0.123. The molecule has 3 aromatic rings. The molecular weight excluding hydrogens is 377 g/mol. The Kier molecular flexibility index (Phi) is 6.04. The predicted molar refractivity (Wildman–Crippen MR) is 97.8 cm³/mol. The zero-order valence-corrected chi connectivity index (χ0v) is 15.1. The second kappa shape index (κ2) is 8.64. The van der Waals surface area contributed by atoms with Crippen molar-refractivity contribution in [1.82, 2.24) is 25.5 Å². The quantitative estimate of drug-likeness (QED) is 0.669. The number of hydrogen-bond acceptors (Lipinski definition) is 5. The van der Waals surface area contributed by atoms with Gasteiger partial charge in [-0.15, -0.1) is 5.10 Å². The Labute approximate surface area is 159 Å². The van der Waals surface area contributed by atoms with Crippen LogP contribution in [0, 0.1) is 0 Å². The van der Waals surface area contributed by atoms with E-state index in [2.05, 4.69) is 20.8 Å². The molecule has 134 valence electrons. The number of ether oxygens (including phenoxy) is 1. The van der Waals surface area contributed by atoms with Crippen LogP contribution in [0.5, 0.6) is 5.75 Å². The van der Waals surface area contributed by atoms with Gasteiger partial charge in [-0.1, -0.05) is 35.3 Å². The molecule has 0 atom stereocenters. The fourth-order valence-electron chi connectivity index (χ4n) is 2.26. The third-order valence-electron chi connectivity index (χ3n) is 3.53. The van der Waals surface area contributed by atoms with Crippen LogP contribution < -0.4 is 10.1 Å². The molecule has 0 radical (unpaired) electrons. The van der Waals surface area contributed by atoms with Crippen molar-refractivity contribution in [2.45, 2.75) is 6.42 Å². The molecule has 1 N–H and O–H groups in total. The van der Waals surface area contributed by atoms with Gasteiger partial charge in [-0.05, 0) is 46.7 Å². The first-order valence-corrected chi connectivity index (χ1v) is 8.54. The monoisotopic (exact) mass is 391 g/mol. The van der Waals surface area contributed by atoms with Crippen molar-refractivity contribution in [3.8, 4) is 11.4 Å². The Morgan fingerprint density at radius 3 is 2.85 bits per heavy atom. The second-order valence-electron chi connectivity index (χ2n) is 5.38. The van der Waals surface area contributed by atoms with Gasteiger partial charge in [0.25, 0.3) is 5.91 Å². The van der Waals surface area contributed by atoms with Gasteiger partial charge in [0, 0.05) is 22.7 Å². The molecular formula is C17H15Cl2N5O2. The van der Waals surface area contributed by atoms with Crippen LogP contribution in [0.1, 0.15) is 5.56 Å². The van der Waals surface area contributed by atoms with Crippen LogP contribution in [0.2, 0.25) is 10.0 Å². The van der Waals surface area contributed by atoms with Crippen LogP contribution in [0.3, 0.4) is 0 Å². The largest absolute Gasteiger partial charge is 0.484 e. The maximum absolute atomic E-state index is 11.9. The van der Waals surface area contributed by atoms with E-state index in [0.29, 0.717) is 28.8 Å². The van der Waals surface area contributed by atoms with Crippen LogP contribution in [-0.4, -0.2) is 39.3 Å². The highest BCUT2D eigenvalue weighted by Gasteiger charge is 2.06. The van der Waals surface area contributed by atoms with E-state index in [4.69, 9.17) is 27.9 Å². The predicted octanol–water partition coefficient (Wildman–Crippen LogP) is 2.71. The van der Waals surface area contributed by atoms with E-state index in [0.717, 1.165) is 11.3 Å². The first-order chi connectivity index (χ1) is 12.6. The van der Waals surface area contributed by atoms with Crippen molar-refractivity contribution >= 4 is 29.1 Å². The molecule has 9 heteroatoms. The van der Waals surface area contributed by atoms with E-state index in [9.17, 15) is 4.79 Å². The van der Waals surface area contributed by atoms with E-state index in [-0.39, 0.29) is 12.5 Å². The number of nitrogens with one attached hydrogen (secondary N) is 1. The molecule has 0 unspecified atom stereocenters. The van der Waals surface area contributed by atoms with Crippen LogP contribution in [0.25, 0.3) is 5.69 Å². The molecule has 0 saturated carbocycles. The summed E-state index contributed by atoms with van der Waals surface area (Å²) in [5.74, 6) is 0.330. The molecule has 0 bridgehead atoms. The number of benzene rings is 2. The van der Waals surface area contributed by atoms with Crippen molar-refractivity contribution in [2.75, 3.05) is 13.2 Å². The van der Waals surface area contributed by atoms with Crippen LogP contribution >= 0.6 is 23.2 Å². The van der Waals surface area contributed by atoms with Gasteiger partial charge in [-0.2, -0.15) is 0 Å². The van der Waals surface area contributed by atoms with Gasteiger partial charge in [0.15, 0.2) is 6.61 Å². The molecule has 0 aliphatic carbocycles. The summed E-state index contributed by atoms with van der Waals surface area (Å²) >= 11 is 12.0. The number of carbonyl (C=O) groups is 1. The number of rotatable bonds is 7. The van der Waals surface area contributed by atoms with Gasteiger partial charge in [0.05, 0.1) is 5.69 Å². The van der Waals surface area contributed by atoms with E-state index >= 15 is 0 Å². The Balaban J connectivity index is 1.46. The lowest BCUT2D eigenvalue weighted by Gasteiger charge is -2.09. The van der Waals surface area contributed by atoms with Crippen LogP contribution in [0.15, 0.2) is 48.8 Å². The Morgan fingerprint density at radius 2 is 2.08 bits per heavy atom. The zero-order valence-electron chi connectivity index (χ0n) is 13.6. The van der Waals surface area contributed by atoms with Crippen molar-refractivity contribution in [2.24, 2.45) is 0 Å². The normalized spacial score (nSPS) is 10.5. The average Bonchev–Trinajstić information content (AvgIpc) is 3.17. The smallest absolute Gasteiger partial charge is 0.257 e. The fourth-order valence-corrected chi connectivity index (χ4v) is 2.76. The minimum atomic E-state index is -0.220. The van der Waals surface area contributed by atoms with Crippen LogP contribution in [0.4, 0.5) is 0 Å². The van der Waals surface area contributed by atoms with Crippen molar-refractivity contribution in [1.29, 1.82) is 0 Å². The van der Waals surface area contributed by atoms with E-state index < -0.39 is 0 Å². The molecule has 7 nitrogen and oxygen atoms in total. The molecule has 0 aliphatic rings. The fraction of sp³-hybridized carbons (Fsp3) is 0.176. The molecule has 0 fully saturated rings. The van der Waals surface area contributed by atoms with Gasteiger partial charge < -0.3 is 10.1 Å². The lowest BCUT2D eigenvalue weighted by Crippen LogP contribution is -2.30. The molecule has 1 amide bonds. The van der Waals surface area contributed by atoms with E-state index in [1.54, 1.807) is 30.3 Å². The van der Waals surface area contributed by atoms with Crippen molar-refractivity contribution < 1.29 is 9.53 Å². The summed E-state index contributed by atoms with van der Waals surface area (Å²) in [4.78, 5) is 11.9. The lowest BCUT2D eigenvalue weighted by atomic mass is 10.1. The van der Waals surface area contributed by atoms with Gasteiger partial charge in [0.2, 0.25) is 0 Å². The Hall–Kier alpha value is -2.64. The van der Waals surface area contributed by atoms with Crippen LogP contribution in [-0.2, 0) is 11.2 Å². The Bertz CT molecular complexity index is 887. The number of aromatic nitrogens is 4. The summed E-state index contributed by atoms with van der Waals surface area (Å²) in [6.45, 7) is 0.363. The summed E-state index contributed by atoms with van der Waals surface area (Å²) in [6, 6.07) is 12.4. The third-order valence-corrected chi connectivity index (χ3v) is 4.12. The average molecular weight is 392 g/mol. The van der Waals surface area contributed by atoms with E-state index in [1.165, 1.54) is 11.0 Å². The molecule has 0 aliphatic heterocycles. The summed E-state index contributed by atoms with van der Waals surface area (Å²) in [5, 5.41) is 14.9. The number of amides is 1. The number of hydrogen-bond donors (Lipinski definition) is 1. The Morgan fingerprint density at radius 1 is 1.19 bits per heavy atom. The number of nitrogens with zero attached hydrogens (tertiary/aromatic N) is 4. The highest BCUT2D eigenvalue weighted by atomic mass is 35.5. The van der Waals surface area contributed by atoms with Gasteiger partial charge in [-0.25, -0.2) is 4.68 Å². The summed E-state index contributed by atoms with van der Waals surface area (Å²) in [5.41, 5.74) is 1.66. The highest BCUT2D eigenvalue weighted by Crippen LogP contribution is 2.21. The second-order valence-corrected chi connectivity index (χ2v) is 6.22. The molecule has 26 heavy (non-hydrogen) atoms. The third kappa shape index (κ3) is 4.93. The first kappa shape index (κ1) is 18.2. The maximum atomic E-state index is 11.9. The number of halogens is 2. The minimum absolute atomic E-state index is 0.0899. The molecule has 0 spiro atoms. The SMILES string of the molecule is O=C(COc1cccc(-n2cnnn2)c1)NCCc1ccc(Cl)cc1Cl. The van der Waals surface area contributed by atoms with Gasteiger partial charge in [0.1, 0.15) is 12.1 Å². The standard InChI is InChI=1S/C17H15Cl2N5O2/c18-13-5-4-12(16(19)8-13)6-7-20-17(25)10-26-15-3-1-2-14(9-15)24-11-21-22-23-24/h1-5,8-9,11H,6-7,10H2,(H,20,25). The van der Waals surface area contributed by atoms with Gasteiger partial charge in [-0.3, -0.25) is 4.79 Å². The van der Waals surface area contributed by atoms with Crippen molar-refractivity contribution in [3.05, 3.63) is 64.4 Å². The summed E-state index contributed by atoms with van der Waals surface area (Å²) < 4.78 is 7.01.